The predicted molar refractivity (Wildman–Crippen MR) is 192 cm³/mol. The van der Waals surface area contributed by atoms with E-state index in [0.29, 0.717) is 24.7 Å². The van der Waals surface area contributed by atoms with Crippen LogP contribution in [-0.4, -0.2) is 116 Å². The molecule has 0 bridgehead atoms. The van der Waals surface area contributed by atoms with E-state index >= 15 is 0 Å². The van der Waals surface area contributed by atoms with Crippen molar-refractivity contribution in [2.24, 2.45) is 56.7 Å². The Morgan fingerprint density at radius 1 is 0.722 bits per heavy atom. The average molecular weight is 765 g/mol. The van der Waals surface area contributed by atoms with Crippen molar-refractivity contribution >= 4 is 11.9 Å². The summed E-state index contributed by atoms with van der Waals surface area (Å²) in [6.07, 6.45) is -6.42. The molecule has 0 spiro atoms. The van der Waals surface area contributed by atoms with E-state index in [9.17, 15) is 45.3 Å². The van der Waals surface area contributed by atoms with E-state index in [0.717, 1.165) is 56.9 Å². The summed E-state index contributed by atoms with van der Waals surface area (Å²) in [4.78, 5) is 25.2. The van der Waals surface area contributed by atoms with Crippen LogP contribution >= 0.6 is 0 Å². The van der Waals surface area contributed by atoms with Crippen LogP contribution in [0.3, 0.4) is 0 Å². The van der Waals surface area contributed by atoms with Gasteiger partial charge in [0.2, 0.25) is 0 Å². The van der Waals surface area contributed by atoms with Crippen LogP contribution in [0.4, 0.5) is 0 Å². The molecule has 0 aromatic rings. The molecular formula is C41H64O13. The quantitative estimate of drug-likeness (QED) is 0.146. The Bertz CT molecular complexity index is 1490. The van der Waals surface area contributed by atoms with Gasteiger partial charge in [-0.3, -0.25) is 4.79 Å². The van der Waals surface area contributed by atoms with Gasteiger partial charge in [0.05, 0.1) is 18.1 Å². The van der Waals surface area contributed by atoms with Crippen LogP contribution in [0.25, 0.3) is 0 Å². The molecule has 7 fully saturated rings. The van der Waals surface area contributed by atoms with E-state index in [1.54, 1.807) is 0 Å². The Balaban J connectivity index is 1.14. The van der Waals surface area contributed by atoms with Crippen molar-refractivity contribution in [3.8, 4) is 0 Å². The second-order valence-corrected chi connectivity index (χ2v) is 19.7. The first-order valence-electron chi connectivity index (χ1n) is 20.3. The molecule has 0 unspecified atom stereocenters. The number of fused-ring (bicyclic) bond motifs is 7. The van der Waals surface area contributed by atoms with Crippen LogP contribution in [0, 0.1) is 56.7 Å². The van der Waals surface area contributed by atoms with E-state index in [-0.39, 0.29) is 40.6 Å². The number of carboxylic acid groups (broad SMARTS) is 2. The summed E-state index contributed by atoms with van der Waals surface area (Å²) in [6.45, 7) is 17.8. The first-order chi connectivity index (χ1) is 25.2. The van der Waals surface area contributed by atoms with Gasteiger partial charge in [0, 0.05) is 0 Å². The number of carboxylic acids is 2. The van der Waals surface area contributed by atoms with Crippen molar-refractivity contribution in [2.75, 3.05) is 6.61 Å². The minimum Gasteiger partial charge on any atom is -0.481 e. The van der Waals surface area contributed by atoms with E-state index in [1.165, 1.54) is 0 Å². The normalized spacial score (nSPS) is 54.0. The van der Waals surface area contributed by atoms with Gasteiger partial charge in [0.1, 0.15) is 36.6 Å². The molecule has 7 N–H and O–H groups in total. The fraction of sp³-hybridized carbons (Fsp3) is 0.902. The summed E-state index contributed by atoms with van der Waals surface area (Å²) in [6, 6.07) is 0. The van der Waals surface area contributed by atoms with E-state index in [1.807, 2.05) is 0 Å². The molecular weight excluding hydrogens is 700 g/mol. The fourth-order valence-electron chi connectivity index (χ4n) is 14.2. The Morgan fingerprint density at radius 3 is 2.07 bits per heavy atom. The maximum absolute atomic E-state index is 13.0. The number of allylic oxidation sites excluding steroid dienone is 1. The number of hydrogen-bond donors (Lipinski definition) is 7. The van der Waals surface area contributed by atoms with Crippen LogP contribution < -0.4 is 0 Å². The molecule has 0 aromatic heterocycles. The third-order valence-corrected chi connectivity index (χ3v) is 17.3. The van der Waals surface area contributed by atoms with Gasteiger partial charge < -0.3 is 54.7 Å². The molecule has 2 heterocycles. The van der Waals surface area contributed by atoms with Gasteiger partial charge in [-0.1, -0.05) is 46.8 Å². The maximum Gasteiger partial charge on any atom is 0.335 e. The van der Waals surface area contributed by atoms with Crippen molar-refractivity contribution in [2.45, 2.75) is 167 Å². The minimum atomic E-state index is -1.88. The summed E-state index contributed by atoms with van der Waals surface area (Å²) >= 11 is 0. The second-order valence-electron chi connectivity index (χ2n) is 19.7. The molecule has 19 atom stereocenters. The highest BCUT2D eigenvalue weighted by atomic mass is 16.8. The largest absolute Gasteiger partial charge is 0.481 e. The second kappa shape index (κ2) is 13.7. The fourth-order valence-corrected chi connectivity index (χ4v) is 14.2. The molecule has 306 valence electrons. The highest BCUT2D eigenvalue weighted by Gasteiger charge is 2.72. The predicted octanol–water partition coefficient (Wildman–Crippen LogP) is 3.47. The molecule has 5 aliphatic carbocycles. The molecule has 7 rings (SSSR count). The Morgan fingerprint density at radius 2 is 1.43 bits per heavy atom. The molecule has 7 aliphatic rings. The highest BCUT2D eigenvalue weighted by molar-refractivity contribution is 5.76. The topological polar surface area (TPSA) is 213 Å². The molecule has 0 aromatic carbocycles. The lowest BCUT2D eigenvalue weighted by atomic mass is 9.32. The zero-order valence-corrected chi connectivity index (χ0v) is 32.7. The molecule has 0 amide bonds. The number of ether oxygens (including phenoxy) is 4. The van der Waals surface area contributed by atoms with Gasteiger partial charge in [0.25, 0.3) is 0 Å². The molecule has 2 aliphatic heterocycles. The molecule has 13 nitrogen and oxygen atoms in total. The first-order valence-corrected chi connectivity index (χ1v) is 20.3. The summed E-state index contributed by atoms with van der Waals surface area (Å²) in [7, 11) is 0. The van der Waals surface area contributed by atoms with Gasteiger partial charge in [-0.25, -0.2) is 4.79 Å². The third-order valence-electron chi connectivity index (χ3n) is 17.3. The number of hydrogen-bond acceptors (Lipinski definition) is 11. The molecule has 5 saturated carbocycles. The standard InChI is InChI=1S/C41H64O13/c1-19(2)20-10-15-41(36(49)50)17-16-39(6)21(26(20)41)8-9-24-38(5)13-12-25(37(3,4)23(38)11-14-40(24,39)7)52-35-32(29(45)28(44)31(53-35)33(47)48)54-34-30(46)27(43)22(42)18-51-34/h20-32,34-35,42-46H,1,8-18H2,2-7H3,(H,47,48)(H,49,50)/t20-,21+,22+,23-,24+,25-,26+,27-,28-,29-,30+,31-,32+,34-,35+,38-,39+,40+,41-/m0/s1. The molecule has 0 radical (unpaired) electrons. The monoisotopic (exact) mass is 764 g/mol. The van der Waals surface area contributed by atoms with Gasteiger partial charge >= 0.3 is 11.9 Å². The Kier molecular flexibility index (Phi) is 10.3. The lowest BCUT2D eigenvalue weighted by Crippen LogP contribution is -2.68. The zero-order chi connectivity index (χ0) is 39.5. The van der Waals surface area contributed by atoms with Gasteiger partial charge in [-0.05, 0) is 122 Å². The van der Waals surface area contributed by atoms with E-state index in [2.05, 4.69) is 48.1 Å². The van der Waals surface area contributed by atoms with Crippen LogP contribution in [0.2, 0.25) is 0 Å². The highest BCUT2D eigenvalue weighted by Crippen LogP contribution is 2.77. The number of aliphatic hydroxyl groups is 5. The molecule has 13 heteroatoms. The summed E-state index contributed by atoms with van der Waals surface area (Å²) in [5, 5.41) is 73.3. The Hall–Kier alpha value is -1.68. The van der Waals surface area contributed by atoms with Crippen LogP contribution in [0.5, 0.6) is 0 Å². The number of rotatable bonds is 7. The SMILES string of the molecule is C=C(C)[C@@H]1CC[C@]2(C(=O)O)CC[C@]3(C)[C@H](CC[C@@H]4[C@@]5(C)CC[C@H](O[C@@H]6O[C@H](C(=O)O)[C@@H](O)[C@H](O)[C@H]6O[C@@H]6OC[C@@H](O)[C@H](O)[C@H]6O)C(C)(C)[C@@H]5CC[C@]43C)[C@@H]12. The zero-order valence-electron chi connectivity index (χ0n) is 32.7. The number of aliphatic carboxylic acids is 2. The summed E-state index contributed by atoms with van der Waals surface area (Å²) in [5.41, 5.74) is -0.0969. The van der Waals surface area contributed by atoms with Crippen molar-refractivity contribution in [1.82, 2.24) is 0 Å². The van der Waals surface area contributed by atoms with E-state index < -0.39 is 84.2 Å². The Labute approximate surface area is 318 Å². The van der Waals surface area contributed by atoms with Crippen LogP contribution in [0.1, 0.15) is 106 Å². The smallest absolute Gasteiger partial charge is 0.335 e. The van der Waals surface area contributed by atoms with Crippen LogP contribution in [-0.2, 0) is 28.5 Å². The van der Waals surface area contributed by atoms with E-state index in [4.69, 9.17) is 18.9 Å². The lowest BCUT2D eigenvalue weighted by Gasteiger charge is -2.73. The average Bonchev–Trinajstić information content (AvgIpc) is 3.51. The third kappa shape index (κ3) is 5.72. The van der Waals surface area contributed by atoms with Gasteiger partial charge in [-0.2, -0.15) is 0 Å². The lowest BCUT2D eigenvalue weighted by molar-refractivity contribution is -0.366. The van der Waals surface area contributed by atoms with Gasteiger partial charge in [0.15, 0.2) is 18.7 Å². The summed E-state index contributed by atoms with van der Waals surface area (Å²) in [5.74, 6) is -0.876. The van der Waals surface area contributed by atoms with Gasteiger partial charge in [-0.15, -0.1) is 0 Å². The first kappa shape index (κ1) is 40.5. The maximum atomic E-state index is 13.0. The van der Waals surface area contributed by atoms with Crippen LogP contribution in [0.15, 0.2) is 12.2 Å². The summed E-state index contributed by atoms with van der Waals surface area (Å²) < 4.78 is 23.8. The molecule has 54 heavy (non-hydrogen) atoms. The number of aliphatic hydroxyl groups excluding tert-OH is 5. The van der Waals surface area contributed by atoms with Crippen molar-refractivity contribution < 1.29 is 64.3 Å². The van der Waals surface area contributed by atoms with Crippen molar-refractivity contribution in [3.63, 3.8) is 0 Å². The number of carbonyl (C=O) groups is 2. The van der Waals surface area contributed by atoms with Crippen molar-refractivity contribution in [3.05, 3.63) is 12.2 Å². The minimum absolute atomic E-state index is 0.00281. The van der Waals surface area contributed by atoms with Crippen molar-refractivity contribution in [1.29, 1.82) is 0 Å². The molecule has 2 saturated heterocycles.